The van der Waals surface area contributed by atoms with Crippen LogP contribution in [0.25, 0.3) is 11.3 Å². The van der Waals surface area contributed by atoms with Crippen molar-refractivity contribution in [3.05, 3.63) is 36.0 Å². The van der Waals surface area contributed by atoms with Crippen molar-refractivity contribution in [1.29, 1.82) is 0 Å². The summed E-state index contributed by atoms with van der Waals surface area (Å²) in [5, 5.41) is 17.1. The summed E-state index contributed by atoms with van der Waals surface area (Å²) < 4.78 is 1.66. The summed E-state index contributed by atoms with van der Waals surface area (Å²) in [7, 11) is 0. The van der Waals surface area contributed by atoms with Crippen LogP contribution in [-0.4, -0.2) is 32.7 Å². The molecule has 2 rings (SSSR count). The molecule has 0 saturated heterocycles. The minimum absolute atomic E-state index is 0.0547. The average Bonchev–Trinajstić information content (AvgIpc) is 2.88. The second-order valence-corrected chi connectivity index (χ2v) is 4.72. The topological polar surface area (TPSA) is 77.0 Å². The highest BCUT2D eigenvalue weighted by Crippen LogP contribution is 2.17. The van der Waals surface area contributed by atoms with Gasteiger partial charge in [0, 0.05) is 11.6 Å². The second-order valence-electron chi connectivity index (χ2n) is 4.72. The minimum atomic E-state index is -0.304. The Morgan fingerprint density at radius 1 is 1.32 bits per heavy atom. The van der Waals surface area contributed by atoms with Gasteiger partial charge in [-0.25, -0.2) is 0 Å². The Morgan fingerprint density at radius 3 is 2.68 bits per heavy atom. The Bertz CT molecular complexity index is 506. The van der Waals surface area contributed by atoms with Crippen LogP contribution in [0.1, 0.15) is 18.9 Å². The van der Waals surface area contributed by atoms with Crippen LogP contribution < -0.4 is 5.73 Å². The monoisotopic (exact) mass is 260 g/mol. The minimum Gasteiger partial charge on any atom is -0.395 e. The predicted molar refractivity (Wildman–Crippen MR) is 74.5 cm³/mol. The van der Waals surface area contributed by atoms with E-state index in [4.69, 9.17) is 10.8 Å². The molecule has 0 radical (unpaired) electrons. The number of benzene rings is 1. The maximum Gasteiger partial charge on any atom is 0.113 e. The van der Waals surface area contributed by atoms with Gasteiger partial charge in [0.05, 0.1) is 19.3 Å². The lowest BCUT2D eigenvalue weighted by Gasteiger charge is -2.06. The Kier molecular flexibility index (Phi) is 4.65. The molecule has 5 nitrogen and oxygen atoms in total. The molecule has 0 aliphatic rings. The third kappa shape index (κ3) is 3.62. The quantitative estimate of drug-likeness (QED) is 0.818. The van der Waals surface area contributed by atoms with E-state index in [-0.39, 0.29) is 12.6 Å². The van der Waals surface area contributed by atoms with Gasteiger partial charge in [-0.05, 0) is 12.0 Å². The first-order chi connectivity index (χ1) is 9.22. The number of aliphatic hydroxyl groups is 1. The van der Waals surface area contributed by atoms with Crippen LogP contribution in [0.15, 0.2) is 30.5 Å². The van der Waals surface area contributed by atoms with E-state index in [2.05, 4.69) is 41.5 Å². The zero-order valence-electron chi connectivity index (χ0n) is 11.2. The van der Waals surface area contributed by atoms with Crippen molar-refractivity contribution in [1.82, 2.24) is 15.0 Å². The maximum absolute atomic E-state index is 8.91. The SMILES string of the molecule is CCCc1ccc(-c2cn(C[C@@H](N)CO)nn2)cc1. The molecule has 1 aromatic heterocycles. The zero-order chi connectivity index (χ0) is 13.7. The van der Waals surface area contributed by atoms with Crippen LogP contribution in [0.3, 0.4) is 0 Å². The van der Waals surface area contributed by atoms with Crippen molar-refractivity contribution in [2.75, 3.05) is 6.61 Å². The standard InChI is InChI=1S/C14H20N4O/c1-2-3-11-4-6-12(7-5-11)14-9-18(17-16-14)8-13(15)10-19/h4-7,9,13,19H,2-3,8,10,15H2,1H3/t13-/m1/s1. The molecule has 0 saturated carbocycles. The van der Waals surface area contributed by atoms with Crippen molar-refractivity contribution < 1.29 is 5.11 Å². The summed E-state index contributed by atoms with van der Waals surface area (Å²) in [6, 6.07) is 8.06. The van der Waals surface area contributed by atoms with Gasteiger partial charge in [-0.2, -0.15) is 0 Å². The molecule has 102 valence electrons. The molecule has 0 aliphatic heterocycles. The van der Waals surface area contributed by atoms with Gasteiger partial charge in [-0.3, -0.25) is 4.68 Å². The van der Waals surface area contributed by atoms with Crippen molar-refractivity contribution in [2.24, 2.45) is 5.73 Å². The molecule has 0 fully saturated rings. The number of nitrogens with two attached hydrogens (primary N) is 1. The third-order valence-electron chi connectivity index (χ3n) is 2.98. The van der Waals surface area contributed by atoms with E-state index in [0.29, 0.717) is 6.54 Å². The molecule has 3 N–H and O–H groups in total. The molecule has 1 aromatic carbocycles. The molecule has 0 amide bonds. The first kappa shape index (κ1) is 13.7. The highest BCUT2D eigenvalue weighted by Gasteiger charge is 2.07. The lowest BCUT2D eigenvalue weighted by atomic mass is 10.1. The highest BCUT2D eigenvalue weighted by atomic mass is 16.3. The van der Waals surface area contributed by atoms with E-state index in [1.807, 2.05) is 6.20 Å². The lowest BCUT2D eigenvalue weighted by molar-refractivity contribution is 0.250. The normalized spacial score (nSPS) is 12.6. The van der Waals surface area contributed by atoms with Crippen molar-refractivity contribution >= 4 is 0 Å². The van der Waals surface area contributed by atoms with Crippen molar-refractivity contribution in [2.45, 2.75) is 32.4 Å². The molecule has 1 heterocycles. The smallest absolute Gasteiger partial charge is 0.113 e. The van der Waals surface area contributed by atoms with E-state index < -0.39 is 0 Å². The Morgan fingerprint density at radius 2 is 2.05 bits per heavy atom. The van der Waals surface area contributed by atoms with Crippen molar-refractivity contribution in [3.63, 3.8) is 0 Å². The van der Waals surface area contributed by atoms with Crippen LogP contribution in [0.4, 0.5) is 0 Å². The third-order valence-corrected chi connectivity index (χ3v) is 2.98. The number of aromatic nitrogens is 3. The van der Waals surface area contributed by atoms with Crippen LogP contribution in [0, 0.1) is 0 Å². The van der Waals surface area contributed by atoms with E-state index in [9.17, 15) is 0 Å². The van der Waals surface area contributed by atoms with Crippen LogP contribution >= 0.6 is 0 Å². The number of rotatable bonds is 6. The average molecular weight is 260 g/mol. The van der Waals surface area contributed by atoms with Gasteiger partial charge in [0.1, 0.15) is 5.69 Å². The Labute approximate surface area is 113 Å². The molecular formula is C14H20N4O. The lowest BCUT2D eigenvalue weighted by Crippen LogP contribution is -2.30. The first-order valence-corrected chi connectivity index (χ1v) is 6.58. The van der Waals surface area contributed by atoms with E-state index in [1.165, 1.54) is 5.56 Å². The van der Waals surface area contributed by atoms with Crippen LogP contribution in [0.2, 0.25) is 0 Å². The van der Waals surface area contributed by atoms with Gasteiger partial charge >= 0.3 is 0 Å². The molecule has 2 aromatic rings. The van der Waals surface area contributed by atoms with Crippen LogP contribution in [0.5, 0.6) is 0 Å². The van der Waals surface area contributed by atoms with Gasteiger partial charge in [-0.15, -0.1) is 5.10 Å². The van der Waals surface area contributed by atoms with E-state index in [1.54, 1.807) is 4.68 Å². The second kappa shape index (κ2) is 6.45. The Hall–Kier alpha value is -1.72. The molecule has 1 atom stereocenters. The van der Waals surface area contributed by atoms with Gasteiger partial charge in [0.2, 0.25) is 0 Å². The predicted octanol–water partition coefficient (Wildman–Crippen LogP) is 1.22. The molecule has 0 aliphatic carbocycles. The summed E-state index contributed by atoms with van der Waals surface area (Å²) in [5.41, 5.74) is 8.87. The Balaban J connectivity index is 2.09. The van der Waals surface area contributed by atoms with Gasteiger partial charge in [0.25, 0.3) is 0 Å². The molecule has 0 bridgehead atoms. The number of aryl methyl sites for hydroxylation is 1. The number of aliphatic hydroxyl groups excluding tert-OH is 1. The molecule has 0 unspecified atom stereocenters. The first-order valence-electron chi connectivity index (χ1n) is 6.58. The summed E-state index contributed by atoms with van der Waals surface area (Å²) in [6.07, 6.45) is 4.09. The number of hydrogen-bond acceptors (Lipinski definition) is 4. The number of nitrogens with zero attached hydrogens (tertiary/aromatic N) is 3. The zero-order valence-corrected chi connectivity index (χ0v) is 11.2. The summed E-state index contributed by atoms with van der Waals surface area (Å²) in [5.74, 6) is 0. The van der Waals surface area contributed by atoms with E-state index in [0.717, 1.165) is 24.1 Å². The fourth-order valence-corrected chi connectivity index (χ4v) is 1.95. The van der Waals surface area contributed by atoms with Gasteiger partial charge in [0.15, 0.2) is 0 Å². The maximum atomic E-state index is 8.91. The molecule has 5 heteroatoms. The number of hydrogen-bond donors (Lipinski definition) is 2. The van der Waals surface area contributed by atoms with E-state index >= 15 is 0 Å². The van der Waals surface area contributed by atoms with Crippen LogP contribution in [-0.2, 0) is 13.0 Å². The largest absolute Gasteiger partial charge is 0.395 e. The summed E-state index contributed by atoms with van der Waals surface area (Å²) in [4.78, 5) is 0. The molecular weight excluding hydrogens is 240 g/mol. The molecule has 19 heavy (non-hydrogen) atoms. The van der Waals surface area contributed by atoms with Gasteiger partial charge < -0.3 is 10.8 Å². The molecule has 0 spiro atoms. The fraction of sp³-hybridized carbons (Fsp3) is 0.429. The summed E-state index contributed by atoms with van der Waals surface area (Å²) in [6.45, 7) is 2.59. The van der Waals surface area contributed by atoms with Gasteiger partial charge in [-0.1, -0.05) is 42.8 Å². The fourth-order valence-electron chi connectivity index (χ4n) is 1.95. The highest BCUT2D eigenvalue weighted by molar-refractivity contribution is 5.57. The summed E-state index contributed by atoms with van der Waals surface area (Å²) >= 11 is 0. The van der Waals surface area contributed by atoms with Crippen molar-refractivity contribution in [3.8, 4) is 11.3 Å².